The highest BCUT2D eigenvalue weighted by molar-refractivity contribution is 7.22. The van der Waals surface area contributed by atoms with Crippen molar-refractivity contribution in [3.63, 3.8) is 0 Å². The Morgan fingerprint density at radius 1 is 1.21 bits per heavy atom. The van der Waals surface area contributed by atoms with E-state index in [1.54, 1.807) is 0 Å². The second kappa shape index (κ2) is 8.44. The molecule has 0 bridgehead atoms. The predicted molar refractivity (Wildman–Crippen MR) is 101 cm³/mol. The van der Waals surface area contributed by atoms with Crippen molar-refractivity contribution >= 4 is 56.6 Å². The summed E-state index contributed by atoms with van der Waals surface area (Å²) in [4.78, 5) is 28.1. The molecule has 0 saturated heterocycles. The lowest BCUT2D eigenvalue weighted by atomic mass is 9.88. The van der Waals surface area contributed by atoms with Gasteiger partial charge in [-0.15, -0.1) is 12.4 Å². The van der Waals surface area contributed by atoms with E-state index in [0.717, 1.165) is 41.6 Å². The molecule has 7 heteroatoms. The molecule has 2 amide bonds. The Labute approximate surface area is 151 Å². The van der Waals surface area contributed by atoms with Crippen LogP contribution >= 0.6 is 23.7 Å². The first-order valence-electron chi connectivity index (χ1n) is 8.17. The van der Waals surface area contributed by atoms with Crippen LogP contribution in [0.3, 0.4) is 0 Å². The Morgan fingerprint density at radius 3 is 2.67 bits per heavy atom. The number of benzene rings is 1. The van der Waals surface area contributed by atoms with E-state index < -0.39 is 0 Å². The number of hydrogen-bond acceptors (Lipinski definition) is 4. The van der Waals surface area contributed by atoms with Crippen LogP contribution in [0.25, 0.3) is 10.2 Å². The number of carbonyl (C=O) groups is 2. The highest BCUT2D eigenvalue weighted by Crippen LogP contribution is 2.30. The van der Waals surface area contributed by atoms with Crippen LogP contribution in [0.1, 0.15) is 45.4 Å². The summed E-state index contributed by atoms with van der Waals surface area (Å²) in [5.74, 6) is 0.211. The van der Waals surface area contributed by atoms with E-state index in [4.69, 9.17) is 0 Å². The van der Waals surface area contributed by atoms with Crippen LogP contribution in [0, 0.1) is 5.92 Å². The molecule has 0 radical (unpaired) electrons. The monoisotopic (exact) mass is 367 g/mol. The molecule has 1 aromatic carbocycles. The maximum atomic E-state index is 12.3. The average molecular weight is 368 g/mol. The second-order valence-electron chi connectivity index (χ2n) is 5.93. The van der Waals surface area contributed by atoms with Crippen LogP contribution < -0.4 is 10.6 Å². The topological polar surface area (TPSA) is 71.1 Å². The lowest BCUT2D eigenvalue weighted by molar-refractivity contribution is -0.120. The van der Waals surface area contributed by atoms with Gasteiger partial charge in [-0.1, -0.05) is 37.5 Å². The highest BCUT2D eigenvalue weighted by Gasteiger charge is 2.21. The largest absolute Gasteiger partial charge is 0.326 e. The van der Waals surface area contributed by atoms with E-state index in [1.807, 2.05) is 25.1 Å². The predicted octanol–water partition coefficient (Wildman–Crippen LogP) is 4.59. The SMILES string of the molecule is CCC(=O)Nc1nc2ccc(NC(=O)C3CCCCC3)cc2s1.Cl. The number of aromatic nitrogens is 1. The summed E-state index contributed by atoms with van der Waals surface area (Å²) in [5, 5.41) is 6.39. The minimum absolute atomic E-state index is 0. The van der Waals surface area contributed by atoms with Crippen molar-refractivity contribution in [1.82, 2.24) is 4.98 Å². The maximum Gasteiger partial charge on any atom is 0.227 e. The molecule has 2 aromatic rings. The summed E-state index contributed by atoms with van der Waals surface area (Å²) in [6.07, 6.45) is 5.93. The van der Waals surface area contributed by atoms with Gasteiger partial charge in [0.25, 0.3) is 0 Å². The van der Waals surface area contributed by atoms with Crippen molar-refractivity contribution in [2.75, 3.05) is 10.6 Å². The van der Waals surface area contributed by atoms with Crippen LogP contribution in [-0.4, -0.2) is 16.8 Å². The summed E-state index contributed by atoms with van der Waals surface area (Å²) in [6.45, 7) is 1.81. The summed E-state index contributed by atoms with van der Waals surface area (Å²) in [7, 11) is 0. The second-order valence-corrected chi connectivity index (χ2v) is 6.96. The number of nitrogens with zero attached hydrogens (tertiary/aromatic N) is 1. The fourth-order valence-corrected chi connectivity index (χ4v) is 3.79. The molecule has 0 atom stereocenters. The third kappa shape index (κ3) is 4.45. The molecule has 2 N–H and O–H groups in total. The van der Waals surface area contributed by atoms with Crippen molar-refractivity contribution in [3.05, 3.63) is 18.2 Å². The van der Waals surface area contributed by atoms with Gasteiger partial charge < -0.3 is 10.6 Å². The van der Waals surface area contributed by atoms with Crippen molar-refractivity contribution in [2.24, 2.45) is 5.92 Å². The zero-order valence-electron chi connectivity index (χ0n) is 13.6. The first-order valence-corrected chi connectivity index (χ1v) is 8.98. The Morgan fingerprint density at radius 2 is 1.96 bits per heavy atom. The van der Waals surface area contributed by atoms with E-state index in [1.165, 1.54) is 17.8 Å². The fourth-order valence-electron chi connectivity index (χ4n) is 2.87. The van der Waals surface area contributed by atoms with Crippen LogP contribution in [0.4, 0.5) is 10.8 Å². The Balaban J connectivity index is 0.00000208. The molecular weight excluding hydrogens is 346 g/mol. The standard InChI is InChI=1S/C17H21N3O2S.ClH/c1-2-15(21)20-17-19-13-9-8-12(10-14(13)23-17)18-16(22)11-6-4-3-5-7-11;/h8-11H,2-7H2,1H3,(H,18,22)(H,19,20,21);1H. The lowest BCUT2D eigenvalue weighted by Crippen LogP contribution is -2.24. The van der Waals surface area contributed by atoms with Gasteiger partial charge in [0.2, 0.25) is 11.8 Å². The van der Waals surface area contributed by atoms with Crippen molar-refractivity contribution < 1.29 is 9.59 Å². The molecule has 0 aliphatic heterocycles. The van der Waals surface area contributed by atoms with Gasteiger partial charge in [0.05, 0.1) is 10.2 Å². The number of nitrogens with one attached hydrogen (secondary N) is 2. The molecule has 1 heterocycles. The van der Waals surface area contributed by atoms with Gasteiger partial charge in [0.1, 0.15) is 0 Å². The summed E-state index contributed by atoms with van der Waals surface area (Å²) in [6, 6.07) is 5.67. The van der Waals surface area contributed by atoms with E-state index in [9.17, 15) is 9.59 Å². The maximum absolute atomic E-state index is 12.3. The summed E-state index contributed by atoms with van der Waals surface area (Å²) < 4.78 is 0.956. The highest BCUT2D eigenvalue weighted by atomic mass is 35.5. The van der Waals surface area contributed by atoms with Crippen LogP contribution in [0.15, 0.2) is 18.2 Å². The molecule has 0 unspecified atom stereocenters. The fraction of sp³-hybridized carbons (Fsp3) is 0.471. The quantitative estimate of drug-likeness (QED) is 0.830. The molecule has 1 fully saturated rings. The van der Waals surface area contributed by atoms with Gasteiger partial charge >= 0.3 is 0 Å². The number of fused-ring (bicyclic) bond motifs is 1. The van der Waals surface area contributed by atoms with Crippen LogP contribution in [0.2, 0.25) is 0 Å². The van der Waals surface area contributed by atoms with E-state index >= 15 is 0 Å². The minimum atomic E-state index is -0.0464. The minimum Gasteiger partial charge on any atom is -0.326 e. The number of anilines is 2. The third-order valence-electron chi connectivity index (χ3n) is 4.20. The molecule has 24 heavy (non-hydrogen) atoms. The number of rotatable bonds is 4. The molecule has 3 rings (SSSR count). The van der Waals surface area contributed by atoms with Gasteiger partial charge in [0.15, 0.2) is 5.13 Å². The average Bonchev–Trinajstić information content (AvgIpc) is 2.96. The number of amides is 2. The lowest BCUT2D eigenvalue weighted by Gasteiger charge is -2.20. The summed E-state index contributed by atoms with van der Waals surface area (Å²) >= 11 is 1.42. The Hall–Kier alpha value is -1.66. The smallest absolute Gasteiger partial charge is 0.227 e. The van der Waals surface area contributed by atoms with E-state index in [0.29, 0.717) is 11.6 Å². The number of hydrogen-bond donors (Lipinski definition) is 2. The normalized spacial score (nSPS) is 14.9. The molecule has 5 nitrogen and oxygen atoms in total. The summed E-state index contributed by atoms with van der Waals surface area (Å²) in [5.41, 5.74) is 1.63. The zero-order valence-corrected chi connectivity index (χ0v) is 15.3. The van der Waals surface area contributed by atoms with Gasteiger partial charge in [-0.2, -0.15) is 0 Å². The van der Waals surface area contributed by atoms with Crippen LogP contribution in [-0.2, 0) is 9.59 Å². The zero-order chi connectivity index (χ0) is 16.2. The van der Waals surface area contributed by atoms with Gasteiger partial charge in [-0.05, 0) is 31.0 Å². The molecule has 130 valence electrons. The number of halogens is 1. The number of thiazole rings is 1. The van der Waals surface area contributed by atoms with E-state index in [2.05, 4.69) is 15.6 Å². The van der Waals surface area contributed by atoms with Gasteiger partial charge in [0, 0.05) is 18.0 Å². The van der Waals surface area contributed by atoms with Gasteiger partial charge in [-0.3, -0.25) is 9.59 Å². The Bertz CT molecular complexity index is 726. The van der Waals surface area contributed by atoms with Gasteiger partial charge in [-0.25, -0.2) is 4.98 Å². The van der Waals surface area contributed by atoms with E-state index in [-0.39, 0.29) is 30.1 Å². The molecule has 1 saturated carbocycles. The van der Waals surface area contributed by atoms with Crippen molar-refractivity contribution in [3.8, 4) is 0 Å². The van der Waals surface area contributed by atoms with Crippen molar-refractivity contribution in [2.45, 2.75) is 45.4 Å². The molecule has 0 spiro atoms. The molecule has 1 aromatic heterocycles. The molecule has 1 aliphatic rings. The number of carbonyl (C=O) groups excluding carboxylic acids is 2. The molecular formula is C17H22ClN3O2S. The van der Waals surface area contributed by atoms with Crippen LogP contribution in [0.5, 0.6) is 0 Å². The first kappa shape index (κ1) is 18.7. The molecule has 1 aliphatic carbocycles. The van der Waals surface area contributed by atoms with Crippen molar-refractivity contribution in [1.29, 1.82) is 0 Å². The first-order chi connectivity index (χ1) is 11.2. The Kier molecular flexibility index (Phi) is 6.57. The third-order valence-corrected chi connectivity index (χ3v) is 5.13.